The van der Waals surface area contributed by atoms with E-state index in [-0.39, 0.29) is 5.92 Å². The van der Waals surface area contributed by atoms with Crippen molar-refractivity contribution in [3.8, 4) is 0 Å². The highest BCUT2D eigenvalue weighted by Crippen LogP contribution is 2.43. The Balaban J connectivity index is 2.23. The van der Waals surface area contributed by atoms with Crippen LogP contribution < -0.4 is 0 Å². The van der Waals surface area contributed by atoms with Gasteiger partial charge < -0.3 is 5.11 Å². The molecule has 0 saturated heterocycles. The van der Waals surface area contributed by atoms with Crippen molar-refractivity contribution in [3.63, 3.8) is 0 Å². The van der Waals surface area contributed by atoms with E-state index in [4.69, 9.17) is 23.2 Å². The molecule has 1 fully saturated rings. The van der Waals surface area contributed by atoms with Crippen LogP contribution in [-0.2, 0) is 5.06 Å². The molecule has 0 aromatic heterocycles. The number of benzene rings is 1. The van der Waals surface area contributed by atoms with E-state index in [1.165, 1.54) is 0 Å². The largest absolute Gasteiger partial charge is 0.371 e. The maximum Gasteiger partial charge on any atom is 0.167 e. The van der Waals surface area contributed by atoms with E-state index in [9.17, 15) is 5.11 Å². The maximum atomic E-state index is 10.3. The Morgan fingerprint density at radius 3 is 2.20 bits per heavy atom. The molecule has 1 atom stereocenters. The third-order valence-corrected chi connectivity index (χ3v) is 3.92. The summed E-state index contributed by atoms with van der Waals surface area (Å²) in [6, 6.07) is 7.12. The Hall–Kier alpha value is -0.240. The average Bonchev–Trinajstić information content (AvgIpc) is 2.71. The third kappa shape index (κ3) is 2.30. The van der Waals surface area contributed by atoms with Gasteiger partial charge in [-0.05, 0) is 30.5 Å². The quantitative estimate of drug-likeness (QED) is 0.783. The van der Waals surface area contributed by atoms with Gasteiger partial charge in [0.1, 0.15) is 0 Å². The van der Waals surface area contributed by atoms with Crippen LogP contribution in [0.1, 0.15) is 31.2 Å². The molecule has 1 aromatic carbocycles. The van der Waals surface area contributed by atoms with Crippen molar-refractivity contribution in [2.24, 2.45) is 5.92 Å². The molecule has 0 bridgehead atoms. The number of alkyl halides is 1. The summed E-state index contributed by atoms with van der Waals surface area (Å²) in [6.07, 6.45) is 4.33. The molecular formula is C12H14Cl2O. The molecule has 0 amide bonds. The lowest BCUT2D eigenvalue weighted by Gasteiger charge is -2.27. The Labute approximate surface area is 100 Å². The zero-order chi connectivity index (χ0) is 10.9. The van der Waals surface area contributed by atoms with E-state index in [0.717, 1.165) is 31.2 Å². The van der Waals surface area contributed by atoms with Gasteiger partial charge in [0.05, 0.1) is 0 Å². The molecule has 2 rings (SSSR count). The second-order valence-electron chi connectivity index (χ2n) is 4.16. The number of hydrogen-bond acceptors (Lipinski definition) is 1. The normalized spacial score (nSPS) is 21.5. The Morgan fingerprint density at radius 1 is 1.13 bits per heavy atom. The second-order valence-corrected chi connectivity index (χ2v) is 5.17. The van der Waals surface area contributed by atoms with Crippen LogP contribution in [0.15, 0.2) is 24.3 Å². The number of halogens is 2. The molecule has 0 spiro atoms. The van der Waals surface area contributed by atoms with Crippen LogP contribution in [0.5, 0.6) is 0 Å². The van der Waals surface area contributed by atoms with Crippen molar-refractivity contribution in [2.45, 2.75) is 30.7 Å². The van der Waals surface area contributed by atoms with E-state index >= 15 is 0 Å². The van der Waals surface area contributed by atoms with Crippen LogP contribution >= 0.6 is 23.2 Å². The molecule has 0 unspecified atom stereocenters. The molecule has 1 N–H and O–H groups in total. The van der Waals surface area contributed by atoms with Gasteiger partial charge >= 0.3 is 0 Å². The van der Waals surface area contributed by atoms with Crippen molar-refractivity contribution in [3.05, 3.63) is 34.9 Å². The fourth-order valence-corrected chi connectivity index (χ4v) is 2.70. The molecule has 1 aliphatic carbocycles. The zero-order valence-corrected chi connectivity index (χ0v) is 9.93. The van der Waals surface area contributed by atoms with Gasteiger partial charge in [-0.2, -0.15) is 0 Å². The highest BCUT2D eigenvalue weighted by molar-refractivity contribution is 6.30. The molecule has 1 aromatic rings. The van der Waals surface area contributed by atoms with Crippen LogP contribution in [0.4, 0.5) is 0 Å². The molecule has 0 radical (unpaired) electrons. The second kappa shape index (κ2) is 4.32. The van der Waals surface area contributed by atoms with Crippen molar-refractivity contribution < 1.29 is 5.11 Å². The van der Waals surface area contributed by atoms with Gasteiger partial charge in [0.25, 0.3) is 0 Å². The summed E-state index contributed by atoms with van der Waals surface area (Å²) in [5.41, 5.74) is 0.750. The van der Waals surface area contributed by atoms with E-state index in [2.05, 4.69) is 0 Å². The first-order chi connectivity index (χ1) is 7.10. The van der Waals surface area contributed by atoms with Gasteiger partial charge in [0.15, 0.2) is 5.06 Å². The van der Waals surface area contributed by atoms with Gasteiger partial charge in [-0.1, -0.05) is 48.2 Å². The first-order valence-corrected chi connectivity index (χ1v) is 6.03. The first kappa shape index (κ1) is 11.3. The first-order valence-electron chi connectivity index (χ1n) is 5.28. The van der Waals surface area contributed by atoms with Crippen molar-refractivity contribution in [2.75, 3.05) is 0 Å². The summed E-state index contributed by atoms with van der Waals surface area (Å²) in [4.78, 5) is 0. The van der Waals surface area contributed by atoms with E-state index in [1.54, 1.807) is 24.3 Å². The van der Waals surface area contributed by atoms with Gasteiger partial charge in [-0.3, -0.25) is 0 Å². The molecule has 15 heavy (non-hydrogen) atoms. The minimum Gasteiger partial charge on any atom is -0.371 e. The van der Waals surface area contributed by atoms with Crippen molar-refractivity contribution >= 4 is 23.2 Å². The number of aliphatic hydroxyl groups is 1. The van der Waals surface area contributed by atoms with Gasteiger partial charge in [-0.25, -0.2) is 0 Å². The minimum absolute atomic E-state index is 0.167. The van der Waals surface area contributed by atoms with Crippen LogP contribution in [0.3, 0.4) is 0 Å². The summed E-state index contributed by atoms with van der Waals surface area (Å²) >= 11 is 12.0. The van der Waals surface area contributed by atoms with Crippen LogP contribution in [-0.4, -0.2) is 5.11 Å². The molecule has 0 heterocycles. The van der Waals surface area contributed by atoms with Crippen LogP contribution in [0.2, 0.25) is 5.02 Å². The molecule has 1 saturated carbocycles. The molecule has 1 nitrogen and oxygen atoms in total. The summed E-state index contributed by atoms with van der Waals surface area (Å²) in [6.45, 7) is 0. The van der Waals surface area contributed by atoms with Crippen molar-refractivity contribution in [1.29, 1.82) is 0 Å². The summed E-state index contributed by atoms with van der Waals surface area (Å²) < 4.78 is 0. The topological polar surface area (TPSA) is 20.2 Å². The Bertz CT molecular complexity index is 326. The SMILES string of the molecule is O[C@](Cl)(c1ccc(Cl)cc1)C1CCCC1. The zero-order valence-electron chi connectivity index (χ0n) is 8.42. The van der Waals surface area contributed by atoms with E-state index < -0.39 is 5.06 Å². The highest BCUT2D eigenvalue weighted by atomic mass is 35.5. The lowest BCUT2D eigenvalue weighted by atomic mass is 9.94. The third-order valence-electron chi connectivity index (χ3n) is 3.15. The van der Waals surface area contributed by atoms with Crippen molar-refractivity contribution in [1.82, 2.24) is 0 Å². The van der Waals surface area contributed by atoms with Gasteiger partial charge in [-0.15, -0.1) is 0 Å². The number of hydrogen-bond donors (Lipinski definition) is 1. The lowest BCUT2D eigenvalue weighted by molar-refractivity contribution is 0.0636. The summed E-state index contributed by atoms with van der Waals surface area (Å²) in [5, 5.41) is 9.74. The van der Waals surface area contributed by atoms with Crippen LogP contribution in [0, 0.1) is 5.92 Å². The molecule has 0 aliphatic heterocycles. The predicted molar refractivity (Wildman–Crippen MR) is 63.2 cm³/mol. The lowest BCUT2D eigenvalue weighted by Crippen LogP contribution is -2.27. The average molecular weight is 245 g/mol. The molecule has 1 aliphatic rings. The standard InChI is InChI=1S/C12H14Cl2O/c13-11-7-5-10(6-8-11)12(14,15)9-3-1-2-4-9/h5-9,15H,1-4H2/t12-/m0/s1. The van der Waals surface area contributed by atoms with E-state index in [0.29, 0.717) is 5.02 Å². The molecule has 3 heteroatoms. The number of rotatable bonds is 2. The summed E-state index contributed by atoms with van der Waals surface area (Å²) in [7, 11) is 0. The van der Waals surface area contributed by atoms with E-state index in [1.807, 2.05) is 0 Å². The highest BCUT2D eigenvalue weighted by Gasteiger charge is 2.37. The fourth-order valence-electron chi connectivity index (χ4n) is 2.23. The summed E-state index contributed by atoms with van der Waals surface area (Å²) in [5.74, 6) is 0.167. The minimum atomic E-state index is -1.22. The van der Waals surface area contributed by atoms with Gasteiger partial charge in [0, 0.05) is 10.9 Å². The predicted octanol–water partition coefficient (Wildman–Crippen LogP) is 3.91. The molecule has 82 valence electrons. The van der Waals surface area contributed by atoms with Crippen LogP contribution in [0.25, 0.3) is 0 Å². The smallest absolute Gasteiger partial charge is 0.167 e. The maximum absolute atomic E-state index is 10.3. The van der Waals surface area contributed by atoms with Gasteiger partial charge in [0.2, 0.25) is 0 Å². The fraction of sp³-hybridized carbons (Fsp3) is 0.500. The Morgan fingerprint density at radius 2 is 1.67 bits per heavy atom. The Kier molecular flexibility index (Phi) is 3.24. The monoisotopic (exact) mass is 244 g/mol. The molecular weight excluding hydrogens is 231 g/mol.